The lowest BCUT2D eigenvalue weighted by atomic mass is 9.94. The number of anilines is 1. The fourth-order valence-electron chi connectivity index (χ4n) is 3.50. The topological polar surface area (TPSA) is 73.9 Å². The molecule has 0 amide bonds. The Labute approximate surface area is 140 Å². The molecule has 24 heavy (non-hydrogen) atoms. The molecule has 124 valence electrons. The fourth-order valence-corrected chi connectivity index (χ4v) is 3.50. The van der Waals surface area contributed by atoms with Gasteiger partial charge in [0, 0.05) is 6.20 Å². The maximum absolute atomic E-state index is 10.8. The van der Waals surface area contributed by atoms with Gasteiger partial charge in [-0.1, -0.05) is 25.3 Å². The van der Waals surface area contributed by atoms with E-state index in [9.17, 15) is 10.3 Å². The van der Waals surface area contributed by atoms with Crippen molar-refractivity contribution < 1.29 is 10.3 Å². The van der Waals surface area contributed by atoms with E-state index in [1.54, 1.807) is 29.0 Å². The van der Waals surface area contributed by atoms with E-state index in [1.165, 1.54) is 11.5 Å². The van der Waals surface area contributed by atoms with Gasteiger partial charge in [-0.3, -0.25) is 10.3 Å². The zero-order valence-corrected chi connectivity index (χ0v) is 13.3. The normalized spacial score (nSPS) is 15.7. The lowest BCUT2D eigenvalue weighted by Crippen LogP contribution is -2.34. The van der Waals surface area contributed by atoms with Crippen molar-refractivity contribution in [3.05, 3.63) is 42.7 Å². The van der Waals surface area contributed by atoms with Crippen LogP contribution in [0.2, 0.25) is 0 Å². The van der Waals surface area contributed by atoms with Crippen LogP contribution in [0.25, 0.3) is 16.9 Å². The standard InChI is InChI=1S/C18H20N4O2/c23-16-9-4-8-14(22(24)13-6-2-1-3-7-13)18(16)15-12-19-17-10-5-11-20-21(15)17/h4-5,8-13,23-24H,1-3,6-7H2. The molecule has 3 aromatic rings. The van der Waals surface area contributed by atoms with Crippen molar-refractivity contribution in [1.82, 2.24) is 14.6 Å². The van der Waals surface area contributed by atoms with Crippen molar-refractivity contribution in [2.24, 2.45) is 0 Å². The smallest absolute Gasteiger partial charge is 0.154 e. The van der Waals surface area contributed by atoms with Gasteiger partial charge in [-0.25, -0.2) is 9.50 Å². The van der Waals surface area contributed by atoms with E-state index in [0.29, 0.717) is 22.6 Å². The van der Waals surface area contributed by atoms with Gasteiger partial charge in [0.15, 0.2) is 5.65 Å². The quantitative estimate of drug-likeness (QED) is 0.720. The number of phenolic OH excluding ortho intramolecular Hbond substituents is 1. The van der Waals surface area contributed by atoms with Crippen molar-refractivity contribution in [2.45, 2.75) is 38.1 Å². The SMILES string of the molecule is Oc1cccc(N(O)C2CCCCC2)c1-c1cnc2cccnn12. The molecular weight excluding hydrogens is 304 g/mol. The molecule has 4 rings (SSSR count). The van der Waals surface area contributed by atoms with Crippen molar-refractivity contribution >= 4 is 11.3 Å². The number of hydrogen-bond acceptors (Lipinski definition) is 5. The highest BCUT2D eigenvalue weighted by molar-refractivity contribution is 5.82. The second kappa shape index (κ2) is 6.13. The molecule has 0 saturated heterocycles. The van der Waals surface area contributed by atoms with Crippen LogP contribution in [-0.2, 0) is 0 Å². The van der Waals surface area contributed by atoms with Gasteiger partial charge < -0.3 is 5.11 Å². The number of fused-ring (bicyclic) bond motifs is 1. The molecule has 1 aliphatic carbocycles. The number of hydrogen-bond donors (Lipinski definition) is 2. The first-order valence-electron chi connectivity index (χ1n) is 8.35. The Morgan fingerprint density at radius 1 is 1.08 bits per heavy atom. The van der Waals surface area contributed by atoms with Gasteiger partial charge in [0.05, 0.1) is 29.2 Å². The lowest BCUT2D eigenvalue weighted by molar-refractivity contribution is 0.190. The first kappa shape index (κ1) is 15.0. The third kappa shape index (κ3) is 2.49. The van der Waals surface area contributed by atoms with Crippen molar-refractivity contribution in [1.29, 1.82) is 0 Å². The Morgan fingerprint density at radius 3 is 2.75 bits per heavy atom. The number of hydroxylamine groups is 1. The van der Waals surface area contributed by atoms with Crippen LogP contribution in [0.1, 0.15) is 32.1 Å². The zero-order chi connectivity index (χ0) is 16.5. The third-order valence-electron chi connectivity index (χ3n) is 4.72. The summed E-state index contributed by atoms with van der Waals surface area (Å²) in [5.74, 6) is 0.106. The summed E-state index contributed by atoms with van der Waals surface area (Å²) in [6.45, 7) is 0. The second-order valence-corrected chi connectivity index (χ2v) is 6.24. The molecule has 1 fully saturated rings. The van der Waals surface area contributed by atoms with E-state index in [4.69, 9.17) is 0 Å². The average molecular weight is 324 g/mol. The minimum absolute atomic E-state index is 0.0754. The number of phenols is 1. The van der Waals surface area contributed by atoms with E-state index in [-0.39, 0.29) is 11.8 Å². The van der Waals surface area contributed by atoms with Crippen molar-refractivity contribution in [3.8, 4) is 17.0 Å². The fraction of sp³-hybridized carbons (Fsp3) is 0.333. The van der Waals surface area contributed by atoms with Crippen LogP contribution in [0.4, 0.5) is 5.69 Å². The van der Waals surface area contributed by atoms with Crippen LogP contribution in [0, 0.1) is 0 Å². The molecule has 0 spiro atoms. The van der Waals surface area contributed by atoms with Crippen LogP contribution in [-0.4, -0.2) is 31.0 Å². The summed E-state index contributed by atoms with van der Waals surface area (Å²) in [6.07, 6.45) is 8.72. The number of imidazole rings is 1. The Bertz CT molecular complexity index is 855. The Morgan fingerprint density at radius 2 is 1.92 bits per heavy atom. The molecule has 2 aromatic heterocycles. The maximum atomic E-state index is 10.8. The highest BCUT2D eigenvalue weighted by atomic mass is 16.5. The minimum Gasteiger partial charge on any atom is -0.507 e. The molecule has 1 aliphatic rings. The highest BCUT2D eigenvalue weighted by Gasteiger charge is 2.25. The second-order valence-electron chi connectivity index (χ2n) is 6.24. The molecule has 0 bridgehead atoms. The van der Waals surface area contributed by atoms with Gasteiger partial charge in [-0.2, -0.15) is 5.10 Å². The number of benzene rings is 1. The molecule has 0 unspecified atom stereocenters. The van der Waals surface area contributed by atoms with Gasteiger partial charge in [-0.05, 0) is 37.1 Å². The summed E-state index contributed by atoms with van der Waals surface area (Å²) in [5.41, 5.74) is 2.50. The van der Waals surface area contributed by atoms with Crippen LogP contribution in [0.15, 0.2) is 42.7 Å². The summed E-state index contributed by atoms with van der Waals surface area (Å²) in [6, 6.07) is 8.94. The number of nitrogens with zero attached hydrogens (tertiary/aromatic N) is 4. The van der Waals surface area contributed by atoms with Crippen LogP contribution in [0.3, 0.4) is 0 Å². The summed E-state index contributed by atoms with van der Waals surface area (Å²) in [7, 11) is 0. The third-order valence-corrected chi connectivity index (χ3v) is 4.72. The lowest BCUT2D eigenvalue weighted by Gasteiger charge is -2.32. The Kier molecular flexibility index (Phi) is 3.82. The molecular formula is C18H20N4O2. The van der Waals surface area contributed by atoms with Gasteiger partial charge >= 0.3 is 0 Å². The monoisotopic (exact) mass is 324 g/mol. The summed E-state index contributed by atoms with van der Waals surface area (Å²) in [4.78, 5) is 4.34. The van der Waals surface area contributed by atoms with E-state index < -0.39 is 0 Å². The van der Waals surface area contributed by atoms with Gasteiger partial charge in [0.25, 0.3) is 0 Å². The molecule has 6 heteroatoms. The molecule has 0 aliphatic heterocycles. The molecule has 1 saturated carbocycles. The molecule has 2 N–H and O–H groups in total. The van der Waals surface area contributed by atoms with E-state index in [1.807, 2.05) is 18.2 Å². The van der Waals surface area contributed by atoms with Gasteiger partial charge in [0.2, 0.25) is 0 Å². The first-order valence-corrected chi connectivity index (χ1v) is 8.35. The summed E-state index contributed by atoms with van der Waals surface area (Å²) < 4.78 is 1.67. The average Bonchev–Trinajstić information content (AvgIpc) is 3.05. The maximum Gasteiger partial charge on any atom is 0.154 e. The van der Waals surface area contributed by atoms with Crippen LogP contribution < -0.4 is 5.06 Å². The van der Waals surface area contributed by atoms with Crippen LogP contribution in [0.5, 0.6) is 5.75 Å². The van der Waals surface area contributed by atoms with E-state index >= 15 is 0 Å². The molecule has 1 aromatic carbocycles. The number of rotatable bonds is 3. The Balaban J connectivity index is 1.83. The first-order chi connectivity index (χ1) is 11.8. The molecule has 6 nitrogen and oxygen atoms in total. The number of aromatic nitrogens is 3. The highest BCUT2D eigenvalue weighted by Crippen LogP contribution is 2.39. The van der Waals surface area contributed by atoms with E-state index in [0.717, 1.165) is 25.7 Å². The van der Waals surface area contributed by atoms with Crippen LogP contribution >= 0.6 is 0 Å². The molecule has 2 heterocycles. The Hall–Kier alpha value is -2.60. The molecule has 0 radical (unpaired) electrons. The van der Waals surface area contributed by atoms with E-state index in [2.05, 4.69) is 10.1 Å². The molecule has 0 atom stereocenters. The number of aromatic hydroxyl groups is 1. The van der Waals surface area contributed by atoms with Crippen molar-refractivity contribution in [2.75, 3.05) is 5.06 Å². The predicted octanol–water partition coefficient (Wildman–Crippen LogP) is 3.63. The minimum atomic E-state index is 0.0754. The largest absolute Gasteiger partial charge is 0.507 e. The summed E-state index contributed by atoms with van der Waals surface area (Å²) >= 11 is 0. The van der Waals surface area contributed by atoms with Gasteiger partial charge in [0.1, 0.15) is 5.75 Å². The zero-order valence-electron chi connectivity index (χ0n) is 13.3. The predicted molar refractivity (Wildman–Crippen MR) is 91.2 cm³/mol. The summed E-state index contributed by atoms with van der Waals surface area (Å²) in [5, 5.41) is 26.9. The van der Waals surface area contributed by atoms with Gasteiger partial charge in [-0.15, -0.1) is 0 Å². The van der Waals surface area contributed by atoms with Crippen molar-refractivity contribution in [3.63, 3.8) is 0 Å².